The number of hydrogen-bond acceptors (Lipinski definition) is 4. The van der Waals surface area contributed by atoms with Crippen molar-refractivity contribution < 1.29 is 19.4 Å². The van der Waals surface area contributed by atoms with Gasteiger partial charge in [-0.15, -0.1) is 0 Å². The Labute approximate surface area is 168 Å². The topological polar surface area (TPSA) is 87.7 Å². The number of phenolic OH excluding ortho intramolecular Hbond substituents is 1. The molecule has 2 amide bonds. The van der Waals surface area contributed by atoms with Crippen LogP contribution in [0, 0.1) is 0 Å². The van der Waals surface area contributed by atoms with Crippen molar-refractivity contribution in [2.45, 2.75) is 0 Å². The normalized spacial score (nSPS) is 10.9. The van der Waals surface area contributed by atoms with Gasteiger partial charge in [-0.2, -0.15) is 0 Å². The van der Waals surface area contributed by atoms with Gasteiger partial charge in [0.05, 0.1) is 7.11 Å². The van der Waals surface area contributed by atoms with E-state index in [1.807, 2.05) is 0 Å². The number of ether oxygens (including phenoxy) is 1. The van der Waals surface area contributed by atoms with Crippen LogP contribution in [0.25, 0.3) is 6.08 Å². The molecule has 0 fully saturated rings. The van der Waals surface area contributed by atoms with Crippen LogP contribution in [-0.4, -0.2) is 24.0 Å². The molecule has 3 N–H and O–H groups in total. The summed E-state index contributed by atoms with van der Waals surface area (Å²) in [7, 11) is 1.56. The van der Waals surface area contributed by atoms with Crippen molar-refractivity contribution in [2.24, 2.45) is 0 Å². The van der Waals surface area contributed by atoms with Crippen molar-refractivity contribution in [2.75, 3.05) is 12.4 Å². The highest BCUT2D eigenvalue weighted by Crippen LogP contribution is 2.17. The lowest BCUT2D eigenvalue weighted by molar-refractivity contribution is -0.113. The smallest absolute Gasteiger partial charge is 0.272 e. The summed E-state index contributed by atoms with van der Waals surface area (Å²) in [5.74, 6) is -0.104. The van der Waals surface area contributed by atoms with Crippen molar-refractivity contribution in [3.05, 3.63) is 95.7 Å². The highest BCUT2D eigenvalue weighted by molar-refractivity contribution is 6.10. The van der Waals surface area contributed by atoms with E-state index >= 15 is 0 Å². The van der Waals surface area contributed by atoms with E-state index in [0.29, 0.717) is 22.6 Å². The van der Waals surface area contributed by atoms with Gasteiger partial charge >= 0.3 is 0 Å². The first kappa shape index (κ1) is 19.7. The van der Waals surface area contributed by atoms with Gasteiger partial charge in [0, 0.05) is 11.3 Å². The van der Waals surface area contributed by atoms with E-state index in [4.69, 9.17) is 4.74 Å². The van der Waals surface area contributed by atoms with Crippen LogP contribution >= 0.6 is 0 Å². The number of aromatic hydroxyl groups is 1. The second-order valence-corrected chi connectivity index (χ2v) is 6.15. The lowest BCUT2D eigenvalue weighted by atomic mass is 10.1. The van der Waals surface area contributed by atoms with E-state index in [0.717, 1.165) is 0 Å². The van der Waals surface area contributed by atoms with Gasteiger partial charge in [-0.05, 0) is 60.2 Å². The molecule has 6 heteroatoms. The minimum atomic E-state index is -0.479. The molecule has 3 rings (SSSR count). The van der Waals surface area contributed by atoms with E-state index in [1.54, 1.807) is 79.9 Å². The van der Waals surface area contributed by atoms with Crippen molar-refractivity contribution in [1.29, 1.82) is 0 Å². The molecule has 0 heterocycles. The number of benzene rings is 3. The standard InChI is InChI=1S/C23H20N2O4/c1-29-20-13-9-18(10-14-20)24-23(28)21(15-16-7-11-19(26)12-8-16)25-22(27)17-5-3-2-4-6-17/h2-15,26H,1H3,(H,24,28)(H,25,27)/b21-15+. The van der Waals surface area contributed by atoms with Crippen molar-refractivity contribution in [3.63, 3.8) is 0 Å². The molecular formula is C23H20N2O4. The Morgan fingerprint density at radius 2 is 1.55 bits per heavy atom. The molecule has 0 aliphatic carbocycles. The van der Waals surface area contributed by atoms with Crippen molar-refractivity contribution in [1.82, 2.24) is 5.32 Å². The number of methoxy groups -OCH3 is 1. The number of hydrogen-bond donors (Lipinski definition) is 3. The number of phenols is 1. The average molecular weight is 388 g/mol. The van der Waals surface area contributed by atoms with Crippen LogP contribution in [0.5, 0.6) is 11.5 Å². The van der Waals surface area contributed by atoms with E-state index < -0.39 is 11.8 Å². The molecule has 0 aliphatic heterocycles. The van der Waals surface area contributed by atoms with Crippen LogP contribution in [0.4, 0.5) is 5.69 Å². The number of anilines is 1. The fourth-order valence-corrected chi connectivity index (χ4v) is 2.55. The Hall–Kier alpha value is -4.06. The fourth-order valence-electron chi connectivity index (χ4n) is 2.55. The molecule has 0 spiro atoms. The molecule has 0 aliphatic rings. The third-order valence-electron chi connectivity index (χ3n) is 4.08. The van der Waals surface area contributed by atoms with Crippen molar-refractivity contribution >= 4 is 23.6 Å². The summed E-state index contributed by atoms with van der Waals surface area (Å²) >= 11 is 0. The molecule has 0 radical (unpaired) electrons. The van der Waals surface area contributed by atoms with Gasteiger partial charge in [-0.1, -0.05) is 30.3 Å². The molecule has 0 saturated heterocycles. The summed E-state index contributed by atoms with van der Waals surface area (Å²) in [5.41, 5.74) is 1.71. The zero-order chi connectivity index (χ0) is 20.6. The summed E-state index contributed by atoms with van der Waals surface area (Å²) in [5, 5.41) is 14.9. The Bertz CT molecular complexity index is 1010. The van der Waals surface area contributed by atoms with Crippen LogP contribution in [0.15, 0.2) is 84.6 Å². The molecule has 29 heavy (non-hydrogen) atoms. The first-order valence-corrected chi connectivity index (χ1v) is 8.87. The maximum atomic E-state index is 12.8. The minimum absolute atomic E-state index is 0.0698. The highest BCUT2D eigenvalue weighted by atomic mass is 16.5. The van der Waals surface area contributed by atoms with E-state index in [2.05, 4.69) is 10.6 Å². The Morgan fingerprint density at radius 3 is 2.17 bits per heavy atom. The van der Waals surface area contributed by atoms with Crippen LogP contribution < -0.4 is 15.4 Å². The van der Waals surface area contributed by atoms with Gasteiger partial charge in [0.25, 0.3) is 11.8 Å². The first-order valence-electron chi connectivity index (χ1n) is 8.87. The summed E-state index contributed by atoms with van der Waals surface area (Å²) in [4.78, 5) is 25.4. The molecule has 0 atom stereocenters. The van der Waals surface area contributed by atoms with Crippen LogP contribution in [0.1, 0.15) is 15.9 Å². The van der Waals surface area contributed by atoms with Crippen molar-refractivity contribution in [3.8, 4) is 11.5 Å². The Kier molecular flexibility index (Phi) is 6.27. The van der Waals surface area contributed by atoms with Gasteiger partial charge in [-0.25, -0.2) is 0 Å². The Morgan fingerprint density at radius 1 is 0.897 bits per heavy atom. The highest BCUT2D eigenvalue weighted by Gasteiger charge is 2.15. The maximum Gasteiger partial charge on any atom is 0.272 e. The summed E-state index contributed by atoms with van der Waals surface area (Å²) in [6, 6.07) is 21.8. The molecule has 0 unspecified atom stereocenters. The number of rotatable bonds is 6. The van der Waals surface area contributed by atoms with Crippen LogP contribution in [0.3, 0.4) is 0 Å². The second-order valence-electron chi connectivity index (χ2n) is 6.15. The summed E-state index contributed by atoms with van der Waals surface area (Å²) in [6.45, 7) is 0. The van der Waals surface area contributed by atoms with Gasteiger partial charge in [0.15, 0.2) is 0 Å². The predicted molar refractivity (Wildman–Crippen MR) is 112 cm³/mol. The van der Waals surface area contributed by atoms with E-state index in [1.165, 1.54) is 12.1 Å². The maximum absolute atomic E-state index is 12.8. The quantitative estimate of drug-likeness (QED) is 0.561. The zero-order valence-corrected chi connectivity index (χ0v) is 15.8. The van der Waals surface area contributed by atoms with Crippen LogP contribution in [-0.2, 0) is 4.79 Å². The molecular weight excluding hydrogens is 368 g/mol. The molecule has 0 bridgehead atoms. The number of carbonyl (C=O) groups is 2. The molecule has 0 aromatic heterocycles. The Balaban J connectivity index is 1.85. The minimum Gasteiger partial charge on any atom is -0.508 e. The zero-order valence-electron chi connectivity index (χ0n) is 15.8. The lowest BCUT2D eigenvalue weighted by Crippen LogP contribution is -2.30. The molecule has 3 aromatic rings. The van der Waals surface area contributed by atoms with E-state index in [-0.39, 0.29) is 11.4 Å². The fraction of sp³-hybridized carbons (Fsp3) is 0.0435. The second kappa shape index (κ2) is 9.23. The van der Waals surface area contributed by atoms with E-state index in [9.17, 15) is 14.7 Å². The largest absolute Gasteiger partial charge is 0.508 e. The monoisotopic (exact) mass is 388 g/mol. The molecule has 6 nitrogen and oxygen atoms in total. The molecule has 146 valence electrons. The number of nitrogens with one attached hydrogen (secondary N) is 2. The summed E-state index contributed by atoms with van der Waals surface area (Å²) in [6.07, 6.45) is 1.54. The van der Waals surface area contributed by atoms with Gasteiger partial charge < -0.3 is 20.5 Å². The average Bonchev–Trinajstić information content (AvgIpc) is 2.76. The number of amides is 2. The summed E-state index contributed by atoms with van der Waals surface area (Å²) < 4.78 is 5.11. The lowest BCUT2D eigenvalue weighted by Gasteiger charge is -2.12. The predicted octanol–water partition coefficient (Wildman–Crippen LogP) is 3.81. The first-order chi connectivity index (χ1) is 14.0. The third-order valence-corrected chi connectivity index (χ3v) is 4.08. The van der Waals surface area contributed by atoms with Gasteiger partial charge in [-0.3, -0.25) is 9.59 Å². The SMILES string of the molecule is COc1ccc(NC(=O)/C(=C\c2ccc(O)cc2)NC(=O)c2ccccc2)cc1. The van der Waals surface area contributed by atoms with Gasteiger partial charge in [0.2, 0.25) is 0 Å². The molecule has 3 aromatic carbocycles. The van der Waals surface area contributed by atoms with Crippen LogP contribution in [0.2, 0.25) is 0 Å². The third kappa shape index (κ3) is 5.46. The number of carbonyl (C=O) groups excluding carboxylic acids is 2. The van der Waals surface area contributed by atoms with Gasteiger partial charge in [0.1, 0.15) is 17.2 Å². The molecule has 0 saturated carbocycles.